The molecule has 0 aliphatic heterocycles. The van der Waals surface area contributed by atoms with Gasteiger partial charge in [-0.3, -0.25) is 4.80 Å². The van der Waals surface area contributed by atoms with Crippen LogP contribution in [-0.2, 0) is 4.80 Å². The highest BCUT2D eigenvalue weighted by molar-refractivity contribution is 6.72. The molecular weight excluding hydrogens is 101 g/mol. The van der Waals surface area contributed by atoms with E-state index in [1.807, 2.05) is 33.9 Å². The Bertz CT molecular complexity index is 63.5. The maximum Gasteiger partial charge on any atom is 0.236 e. The SMILES string of the molecule is CC(C)(C)[Si](C)(C)[1O]. The Morgan fingerprint density at radius 2 is 1.25 bits per heavy atom. The smallest absolute Gasteiger partial charge is 0.236 e. The Morgan fingerprint density at radius 3 is 1.25 bits per heavy atom. The molecule has 0 N–H and O–H groups in total. The van der Waals surface area contributed by atoms with Crippen molar-refractivity contribution in [2.75, 3.05) is 0 Å². The van der Waals surface area contributed by atoms with Gasteiger partial charge in [-0.1, -0.05) is 20.8 Å². The third kappa shape index (κ3) is 1.97. The third-order valence-corrected chi connectivity index (χ3v) is 5.42. The molecular formula is C6H15OSi. The number of hydrogen-bond acceptors (Lipinski definition) is 0. The van der Waals surface area contributed by atoms with Gasteiger partial charge in [-0.25, -0.2) is 0 Å². The van der Waals surface area contributed by atoms with Crippen molar-refractivity contribution in [3.8, 4) is 0 Å². The van der Waals surface area contributed by atoms with Crippen LogP contribution >= 0.6 is 0 Å². The molecule has 0 saturated carbocycles. The summed E-state index contributed by atoms with van der Waals surface area (Å²) in [5, 5.41) is 0.0208. The molecule has 0 aromatic carbocycles. The van der Waals surface area contributed by atoms with Crippen molar-refractivity contribution < 1.29 is 4.80 Å². The number of hydrogen-bond donors (Lipinski definition) is 0. The normalized spacial score (nSPS) is 14.2. The lowest BCUT2D eigenvalue weighted by molar-refractivity contribution is 0.390. The Kier molecular flexibility index (Phi) is 1.89. The van der Waals surface area contributed by atoms with Gasteiger partial charge in [-0.2, -0.15) is 0 Å². The van der Waals surface area contributed by atoms with Crippen molar-refractivity contribution >= 4 is 8.32 Å². The van der Waals surface area contributed by atoms with Crippen molar-refractivity contribution in [1.82, 2.24) is 0 Å². The van der Waals surface area contributed by atoms with Crippen LogP contribution in [-0.4, -0.2) is 8.32 Å². The fourth-order valence-electron chi connectivity index (χ4n) is 0. The van der Waals surface area contributed by atoms with Crippen LogP contribution in [0.4, 0.5) is 0 Å². The summed E-state index contributed by atoms with van der Waals surface area (Å²) in [7, 11) is -2.11. The first-order valence-corrected chi connectivity index (χ1v) is 5.86. The summed E-state index contributed by atoms with van der Waals surface area (Å²) < 4.78 is 0. The summed E-state index contributed by atoms with van der Waals surface area (Å²) >= 11 is 0. The number of rotatable bonds is 0. The fraction of sp³-hybridized carbons (Fsp3) is 1.00. The van der Waals surface area contributed by atoms with Crippen LogP contribution in [0, 0.1) is 0 Å². The lowest BCUT2D eigenvalue weighted by Gasteiger charge is -2.27. The molecule has 0 atom stereocenters. The molecule has 0 aromatic heterocycles. The monoisotopic (exact) mass is 116 g/mol. The van der Waals surface area contributed by atoms with Crippen molar-refractivity contribution in [2.45, 2.75) is 38.9 Å². The van der Waals surface area contributed by atoms with Crippen LogP contribution in [0.25, 0.3) is 0 Å². The van der Waals surface area contributed by atoms with E-state index in [2.05, 4.69) is 0 Å². The fourth-order valence-corrected chi connectivity index (χ4v) is 0. The highest BCUT2D eigenvalue weighted by atomic mass is 28.3. The van der Waals surface area contributed by atoms with Crippen LogP contribution in [0.1, 0.15) is 20.8 Å². The highest BCUT2D eigenvalue weighted by Crippen LogP contribution is 2.33. The predicted molar refractivity (Wildman–Crippen MR) is 37.9 cm³/mol. The molecule has 0 rings (SSSR count). The van der Waals surface area contributed by atoms with Crippen molar-refractivity contribution in [3.63, 3.8) is 0 Å². The van der Waals surface area contributed by atoms with Gasteiger partial charge < -0.3 is 0 Å². The van der Waals surface area contributed by atoms with Gasteiger partial charge >= 0.3 is 0 Å². The van der Waals surface area contributed by atoms with Gasteiger partial charge in [-0.15, -0.1) is 0 Å². The van der Waals surface area contributed by atoms with E-state index in [4.69, 9.17) is 0 Å². The molecule has 0 heterocycles. The molecule has 2 heteroatoms. The molecule has 0 bridgehead atoms. The van der Waals surface area contributed by atoms with E-state index in [0.717, 1.165) is 0 Å². The minimum atomic E-state index is -2.11. The third-order valence-electron chi connectivity index (χ3n) is 1.81. The van der Waals surface area contributed by atoms with Crippen LogP contribution < -0.4 is 0 Å². The van der Waals surface area contributed by atoms with Gasteiger partial charge in [0.15, 0.2) is 0 Å². The first-order chi connectivity index (χ1) is 3.25. The quantitative estimate of drug-likeness (QED) is 0.433. The van der Waals surface area contributed by atoms with Crippen LogP contribution in [0.3, 0.4) is 0 Å². The first kappa shape index (κ1) is 8.18. The molecule has 1 radical (unpaired) electrons. The zero-order valence-corrected chi connectivity index (χ0v) is 7.41. The lowest BCUT2D eigenvalue weighted by atomic mass is 0.963. The van der Waals surface area contributed by atoms with Gasteiger partial charge in [0.1, 0.15) is 0 Å². The van der Waals surface area contributed by atoms with Crippen LogP contribution in [0.2, 0.25) is 18.1 Å². The molecule has 0 amide bonds. The zero-order chi connectivity index (χ0) is 7.00. The first-order valence-electron chi connectivity index (χ1n) is 2.95. The van der Waals surface area contributed by atoms with Crippen LogP contribution in [0.5, 0.6) is 0 Å². The predicted octanol–water partition coefficient (Wildman–Crippen LogP) is 2.42. The lowest BCUT2D eigenvalue weighted by Crippen LogP contribution is -2.35. The second-order valence-electron chi connectivity index (χ2n) is 3.76. The topological polar surface area (TPSA) is 19.9 Å². The maximum atomic E-state index is 11.3. The van der Waals surface area contributed by atoms with Gasteiger partial charge in [-0.05, 0) is 18.1 Å². The largest absolute Gasteiger partial charge is 0.297 e. The highest BCUT2D eigenvalue weighted by Gasteiger charge is 2.35. The minimum Gasteiger partial charge on any atom is -0.297 e. The Hall–Kier alpha value is 0.177. The molecule has 0 spiro atoms. The molecule has 0 aliphatic rings. The summed E-state index contributed by atoms with van der Waals surface area (Å²) in [4.78, 5) is 11.3. The van der Waals surface area contributed by atoms with Gasteiger partial charge in [0.05, 0.1) is 0 Å². The Morgan fingerprint density at radius 1 is 1.12 bits per heavy atom. The summed E-state index contributed by atoms with van der Waals surface area (Å²) in [5.41, 5.74) is 0. The molecule has 0 saturated heterocycles. The molecule has 1 nitrogen and oxygen atoms in total. The van der Waals surface area contributed by atoms with Crippen molar-refractivity contribution in [1.29, 1.82) is 0 Å². The van der Waals surface area contributed by atoms with E-state index >= 15 is 0 Å². The average molecular weight is 116 g/mol. The van der Waals surface area contributed by atoms with E-state index in [0.29, 0.717) is 0 Å². The summed E-state index contributed by atoms with van der Waals surface area (Å²) in [6.07, 6.45) is 0. The van der Waals surface area contributed by atoms with Crippen molar-refractivity contribution in [2.24, 2.45) is 0 Å². The van der Waals surface area contributed by atoms with E-state index in [1.165, 1.54) is 0 Å². The summed E-state index contributed by atoms with van der Waals surface area (Å²) in [5.74, 6) is 0. The molecule has 0 unspecified atom stereocenters. The molecule has 0 aromatic rings. The minimum absolute atomic E-state index is 0.0208. The Balaban J connectivity index is 4.02. The zero-order valence-electron chi connectivity index (χ0n) is 6.41. The van der Waals surface area contributed by atoms with Gasteiger partial charge in [0.25, 0.3) is 0 Å². The van der Waals surface area contributed by atoms with Gasteiger partial charge in [0, 0.05) is 0 Å². The van der Waals surface area contributed by atoms with E-state index in [9.17, 15) is 4.80 Å². The Labute approximate surface area is 52.9 Å². The molecule has 0 aliphatic carbocycles. The second kappa shape index (κ2) is 1.85. The molecule has 8 heavy (non-hydrogen) atoms. The van der Waals surface area contributed by atoms with E-state index < -0.39 is 8.32 Å². The van der Waals surface area contributed by atoms with Crippen molar-refractivity contribution in [3.05, 3.63) is 0 Å². The van der Waals surface area contributed by atoms with Crippen LogP contribution in [0.15, 0.2) is 0 Å². The summed E-state index contributed by atoms with van der Waals surface area (Å²) in [6, 6.07) is 0. The average Bonchev–Trinajstić information content (AvgIpc) is 1.25. The van der Waals surface area contributed by atoms with Gasteiger partial charge in [0.2, 0.25) is 8.32 Å². The molecule has 49 valence electrons. The second-order valence-corrected chi connectivity index (χ2v) is 8.28. The van der Waals surface area contributed by atoms with E-state index in [-0.39, 0.29) is 5.04 Å². The van der Waals surface area contributed by atoms with E-state index in [1.54, 1.807) is 0 Å². The summed E-state index contributed by atoms with van der Waals surface area (Å²) in [6.45, 7) is 9.77. The standard InChI is InChI=1S/C6H15OSi/c1-6(2,3)8(4,5)7/h1-5H3/i7-15. The molecule has 0 fully saturated rings. The maximum absolute atomic E-state index is 11.3.